The van der Waals surface area contributed by atoms with E-state index in [9.17, 15) is 9.18 Å². The van der Waals surface area contributed by atoms with Gasteiger partial charge >= 0.3 is 0 Å². The summed E-state index contributed by atoms with van der Waals surface area (Å²) < 4.78 is 13.9. The Kier molecular flexibility index (Phi) is 6.65. The van der Waals surface area contributed by atoms with Gasteiger partial charge in [0, 0.05) is 44.2 Å². The van der Waals surface area contributed by atoms with Gasteiger partial charge in [-0.3, -0.25) is 9.69 Å². The molecule has 1 saturated heterocycles. The van der Waals surface area contributed by atoms with E-state index >= 15 is 0 Å². The second-order valence-electron chi connectivity index (χ2n) is 8.20. The minimum Gasteiger partial charge on any atom is -0.341 e. The highest BCUT2D eigenvalue weighted by atomic mass is 19.1. The van der Waals surface area contributed by atoms with Crippen LogP contribution < -0.4 is 0 Å². The standard InChI is InChI=1S/C21H32FN3O/c1-23(2)12-13-25(21(26)18-9-10-18)15-17-6-5-11-24(14-17)16-19-7-3-4-8-20(19)22/h3-4,7-8,17-18H,5-6,9-16H2,1-2H3/t17-/m1/s1. The highest BCUT2D eigenvalue weighted by Crippen LogP contribution is 2.31. The molecule has 2 aliphatic rings. The van der Waals surface area contributed by atoms with Crippen LogP contribution in [0.1, 0.15) is 31.2 Å². The Morgan fingerprint density at radius 2 is 1.96 bits per heavy atom. The first-order valence-electron chi connectivity index (χ1n) is 9.92. The highest BCUT2D eigenvalue weighted by molar-refractivity contribution is 5.81. The SMILES string of the molecule is CN(C)CCN(C[C@@H]1CCCN(Cc2ccccc2F)C1)C(=O)C1CC1. The number of rotatable bonds is 8. The Morgan fingerprint density at radius 3 is 2.65 bits per heavy atom. The van der Waals surface area contributed by atoms with Gasteiger partial charge in [-0.15, -0.1) is 0 Å². The Labute approximate surface area is 157 Å². The quantitative estimate of drug-likeness (QED) is 0.712. The van der Waals surface area contributed by atoms with Crippen molar-refractivity contribution in [1.29, 1.82) is 0 Å². The van der Waals surface area contributed by atoms with Crippen LogP contribution >= 0.6 is 0 Å². The third kappa shape index (κ3) is 5.52. The third-order valence-electron chi connectivity index (χ3n) is 5.49. The zero-order valence-electron chi connectivity index (χ0n) is 16.2. The molecule has 1 aliphatic carbocycles. The number of carbonyl (C=O) groups excluding carboxylic acids is 1. The molecule has 2 fully saturated rings. The average molecular weight is 362 g/mol. The lowest BCUT2D eigenvalue weighted by atomic mass is 9.96. The molecular weight excluding hydrogens is 329 g/mol. The number of carbonyl (C=O) groups is 1. The monoisotopic (exact) mass is 361 g/mol. The zero-order chi connectivity index (χ0) is 18.5. The maximum atomic E-state index is 13.9. The summed E-state index contributed by atoms with van der Waals surface area (Å²) in [4.78, 5) is 19.2. The lowest BCUT2D eigenvalue weighted by Gasteiger charge is -2.36. The molecule has 4 nitrogen and oxygen atoms in total. The Hall–Kier alpha value is -1.46. The first-order chi connectivity index (χ1) is 12.5. The molecule has 1 saturated carbocycles. The van der Waals surface area contributed by atoms with Crippen molar-refractivity contribution >= 4 is 5.91 Å². The Morgan fingerprint density at radius 1 is 1.19 bits per heavy atom. The van der Waals surface area contributed by atoms with Crippen LogP contribution in [-0.2, 0) is 11.3 Å². The van der Waals surface area contributed by atoms with E-state index in [-0.39, 0.29) is 11.7 Å². The van der Waals surface area contributed by atoms with E-state index in [4.69, 9.17) is 0 Å². The van der Waals surface area contributed by atoms with E-state index in [1.165, 1.54) is 6.07 Å². The number of hydrogen-bond acceptors (Lipinski definition) is 3. The van der Waals surface area contributed by atoms with Gasteiger partial charge in [0.1, 0.15) is 5.82 Å². The van der Waals surface area contributed by atoms with E-state index in [1.54, 1.807) is 6.07 Å². The molecule has 0 bridgehead atoms. The number of piperidine rings is 1. The van der Waals surface area contributed by atoms with E-state index in [1.807, 2.05) is 12.1 Å². The molecule has 0 spiro atoms. The topological polar surface area (TPSA) is 26.8 Å². The summed E-state index contributed by atoms with van der Waals surface area (Å²) in [7, 11) is 4.10. The lowest BCUT2D eigenvalue weighted by Crippen LogP contribution is -2.45. The van der Waals surface area contributed by atoms with Crippen molar-refractivity contribution in [2.45, 2.75) is 32.2 Å². The van der Waals surface area contributed by atoms with Gasteiger partial charge in [0.15, 0.2) is 0 Å². The van der Waals surface area contributed by atoms with Gasteiger partial charge in [0.25, 0.3) is 0 Å². The normalized spacial score (nSPS) is 21.2. The molecule has 1 aliphatic heterocycles. The first kappa shape index (κ1) is 19.3. The summed E-state index contributed by atoms with van der Waals surface area (Å²) in [5.41, 5.74) is 0.770. The number of nitrogens with zero attached hydrogens (tertiary/aromatic N) is 3. The van der Waals surface area contributed by atoms with Gasteiger partial charge in [-0.25, -0.2) is 4.39 Å². The molecule has 26 heavy (non-hydrogen) atoms. The average Bonchev–Trinajstić information content (AvgIpc) is 3.45. The summed E-state index contributed by atoms with van der Waals surface area (Å²) >= 11 is 0. The molecule has 1 amide bonds. The predicted molar refractivity (Wildman–Crippen MR) is 102 cm³/mol. The van der Waals surface area contributed by atoms with Crippen molar-refractivity contribution in [3.63, 3.8) is 0 Å². The molecule has 0 unspecified atom stereocenters. The fourth-order valence-electron chi connectivity index (χ4n) is 3.82. The largest absolute Gasteiger partial charge is 0.341 e. The number of hydrogen-bond donors (Lipinski definition) is 0. The summed E-state index contributed by atoms with van der Waals surface area (Å²) in [5.74, 6) is 0.986. The summed E-state index contributed by atoms with van der Waals surface area (Å²) in [6, 6.07) is 7.05. The number of halogens is 1. The van der Waals surface area contributed by atoms with Crippen LogP contribution in [0, 0.1) is 17.7 Å². The molecule has 0 aromatic heterocycles. The first-order valence-corrected chi connectivity index (χ1v) is 9.92. The van der Waals surface area contributed by atoms with Crippen LogP contribution in [0.3, 0.4) is 0 Å². The molecule has 5 heteroatoms. The molecular formula is C21H32FN3O. The minimum absolute atomic E-state index is 0.119. The van der Waals surface area contributed by atoms with Crippen LogP contribution in [0.25, 0.3) is 0 Å². The lowest BCUT2D eigenvalue weighted by molar-refractivity contribution is -0.133. The summed E-state index contributed by atoms with van der Waals surface area (Å²) in [6.45, 7) is 5.19. The van der Waals surface area contributed by atoms with Crippen molar-refractivity contribution in [3.05, 3.63) is 35.6 Å². The molecule has 0 radical (unpaired) electrons. The van der Waals surface area contributed by atoms with Crippen molar-refractivity contribution in [2.24, 2.45) is 11.8 Å². The van der Waals surface area contributed by atoms with Gasteiger partial charge in [0.05, 0.1) is 0 Å². The fourth-order valence-corrected chi connectivity index (χ4v) is 3.82. The van der Waals surface area contributed by atoms with Gasteiger partial charge in [0.2, 0.25) is 5.91 Å². The number of likely N-dealkylation sites (tertiary alicyclic amines) is 1. The van der Waals surface area contributed by atoms with Crippen LogP contribution in [0.4, 0.5) is 4.39 Å². The Balaban J connectivity index is 1.56. The van der Waals surface area contributed by atoms with Crippen molar-refractivity contribution in [2.75, 3.05) is 46.8 Å². The maximum absolute atomic E-state index is 13.9. The van der Waals surface area contributed by atoms with E-state index < -0.39 is 0 Å². The van der Waals surface area contributed by atoms with Crippen LogP contribution in [0.5, 0.6) is 0 Å². The fraction of sp³-hybridized carbons (Fsp3) is 0.667. The molecule has 0 N–H and O–H groups in total. The van der Waals surface area contributed by atoms with Crippen molar-refractivity contribution in [1.82, 2.24) is 14.7 Å². The van der Waals surface area contributed by atoms with Crippen molar-refractivity contribution < 1.29 is 9.18 Å². The van der Waals surface area contributed by atoms with Crippen LogP contribution in [0.2, 0.25) is 0 Å². The maximum Gasteiger partial charge on any atom is 0.225 e. The molecule has 1 aromatic carbocycles. The van der Waals surface area contributed by atoms with Crippen molar-refractivity contribution in [3.8, 4) is 0 Å². The second-order valence-corrected chi connectivity index (χ2v) is 8.20. The highest BCUT2D eigenvalue weighted by Gasteiger charge is 2.34. The van der Waals surface area contributed by atoms with E-state index in [2.05, 4.69) is 28.8 Å². The predicted octanol–water partition coefficient (Wildman–Crippen LogP) is 2.84. The van der Waals surface area contributed by atoms with Gasteiger partial charge in [-0.1, -0.05) is 18.2 Å². The zero-order valence-corrected chi connectivity index (χ0v) is 16.2. The van der Waals surface area contributed by atoms with Crippen LogP contribution in [0.15, 0.2) is 24.3 Å². The molecule has 1 aromatic rings. The van der Waals surface area contributed by atoms with Gasteiger partial charge in [-0.05, 0) is 58.3 Å². The molecule has 1 heterocycles. The van der Waals surface area contributed by atoms with Crippen LogP contribution in [-0.4, -0.2) is 67.4 Å². The van der Waals surface area contributed by atoms with E-state index in [0.29, 0.717) is 18.4 Å². The molecule has 3 rings (SSSR count). The second kappa shape index (κ2) is 8.96. The Bertz CT molecular complexity index is 603. The molecule has 144 valence electrons. The summed E-state index contributed by atoms with van der Waals surface area (Å²) in [6.07, 6.45) is 4.39. The number of benzene rings is 1. The summed E-state index contributed by atoms with van der Waals surface area (Å²) in [5, 5.41) is 0. The smallest absolute Gasteiger partial charge is 0.225 e. The number of amides is 1. The third-order valence-corrected chi connectivity index (χ3v) is 5.49. The number of likely N-dealkylation sites (N-methyl/N-ethyl adjacent to an activating group) is 1. The molecule has 1 atom stereocenters. The van der Waals surface area contributed by atoms with E-state index in [0.717, 1.165) is 64.0 Å². The van der Waals surface area contributed by atoms with Gasteiger partial charge < -0.3 is 9.80 Å². The minimum atomic E-state index is -0.119. The van der Waals surface area contributed by atoms with Gasteiger partial charge in [-0.2, -0.15) is 0 Å².